The molecule has 2 aromatic carbocycles. The average molecular weight is 297 g/mol. The van der Waals surface area contributed by atoms with E-state index in [1.165, 1.54) is 16.7 Å². The van der Waals surface area contributed by atoms with Crippen LogP contribution in [0.2, 0.25) is 0 Å². The molecule has 0 heterocycles. The van der Waals surface area contributed by atoms with E-state index < -0.39 is 0 Å². The van der Waals surface area contributed by atoms with Crippen LogP contribution in [0.25, 0.3) is 0 Å². The number of ether oxygens (including phenoxy) is 1. The Morgan fingerprint density at radius 3 is 2.27 bits per heavy atom. The van der Waals surface area contributed by atoms with Crippen LogP contribution in [-0.2, 0) is 13.2 Å². The molecule has 0 amide bonds. The smallest absolute Gasteiger partial charge is 0.124 e. The Bertz CT molecular complexity index is 604. The van der Waals surface area contributed by atoms with Crippen molar-refractivity contribution in [2.45, 2.75) is 52.8 Å². The Balaban J connectivity index is 2.04. The number of para-hydroxylation sites is 1. The van der Waals surface area contributed by atoms with E-state index in [4.69, 9.17) is 4.74 Å². The second kappa shape index (κ2) is 7.46. The van der Waals surface area contributed by atoms with Gasteiger partial charge in [-0.3, -0.25) is 0 Å². The van der Waals surface area contributed by atoms with Crippen LogP contribution >= 0.6 is 0 Å². The highest BCUT2D eigenvalue weighted by Gasteiger charge is 2.14. The SMILES string of the molecule is CCC(C)(C)NCc1ccccc1OCc1ccccc1C. The molecule has 0 spiro atoms. The van der Waals surface area contributed by atoms with Crippen molar-refractivity contribution in [2.75, 3.05) is 0 Å². The van der Waals surface area contributed by atoms with Crippen molar-refractivity contribution >= 4 is 0 Å². The molecule has 0 radical (unpaired) electrons. The molecule has 0 fully saturated rings. The monoisotopic (exact) mass is 297 g/mol. The van der Waals surface area contributed by atoms with Crippen molar-refractivity contribution in [2.24, 2.45) is 0 Å². The quantitative estimate of drug-likeness (QED) is 0.788. The Hall–Kier alpha value is -1.80. The maximum Gasteiger partial charge on any atom is 0.124 e. The molecular weight excluding hydrogens is 270 g/mol. The van der Waals surface area contributed by atoms with Crippen LogP contribution in [0.5, 0.6) is 5.75 Å². The highest BCUT2D eigenvalue weighted by molar-refractivity contribution is 5.34. The minimum absolute atomic E-state index is 0.142. The van der Waals surface area contributed by atoms with Crippen LogP contribution in [0, 0.1) is 6.92 Å². The van der Waals surface area contributed by atoms with Gasteiger partial charge in [0.1, 0.15) is 12.4 Å². The van der Waals surface area contributed by atoms with E-state index in [0.29, 0.717) is 6.61 Å². The number of hydrogen-bond donors (Lipinski definition) is 1. The van der Waals surface area contributed by atoms with E-state index >= 15 is 0 Å². The second-order valence-electron chi connectivity index (χ2n) is 6.41. The number of nitrogens with one attached hydrogen (secondary N) is 1. The van der Waals surface area contributed by atoms with Gasteiger partial charge in [0, 0.05) is 17.6 Å². The third kappa shape index (κ3) is 4.60. The summed E-state index contributed by atoms with van der Waals surface area (Å²) in [6, 6.07) is 16.6. The normalized spacial score (nSPS) is 11.5. The molecule has 2 rings (SSSR count). The summed E-state index contributed by atoms with van der Waals surface area (Å²) in [6.07, 6.45) is 1.10. The summed E-state index contributed by atoms with van der Waals surface area (Å²) >= 11 is 0. The van der Waals surface area contributed by atoms with Crippen molar-refractivity contribution < 1.29 is 4.74 Å². The molecular formula is C20H27NO. The highest BCUT2D eigenvalue weighted by atomic mass is 16.5. The Kier molecular flexibility index (Phi) is 5.62. The third-order valence-corrected chi connectivity index (χ3v) is 4.26. The van der Waals surface area contributed by atoms with Crippen molar-refractivity contribution in [3.63, 3.8) is 0 Å². The summed E-state index contributed by atoms with van der Waals surface area (Å²) in [6.45, 7) is 10.2. The largest absolute Gasteiger partial charge is 0.489 e. The maximum atomic E-state index is 6.06. The summed E-state index contributed by atoms with van der Waals surface area (Å²) in [5.41, 5.74) is 3.85. The molecule has 0 saturated heterocycles. The lowest BCUT2D eigenvalue weighted by molar-refractivity contribution is 0.298. The van der Waals surface area contributed by atoms with Gasteiger partial charge in [0.25, 0.3) is 0 Å². The first kappa shape index (κ1) is 16.6. The molecule has 0 aromatic heterocycles. The summed E-state index contributed by atoms with van der Waals surface area (Å²) in [7, 11) is 0. The molecule has 0 bridgehead atoms. The highest BCUT2D eigenvalue weighted by Crippen LogP contribution is 2.21. The zero-order chi connectivity index (χ0) is 16.0. The molecule has 0 atom stereocenters. The fourth-order valence-corrected chi connectivity index (χ4v) is 2.18. The topological polar surface area (TPSA) is 21.3 Å². The number of aryl methyl sites for hydroxylation is 1. The van der Waals surface area contributed by atoms with Gasteiger partial charge in [-0.15, -0.1) is 0 Å². The van der Waals surface area contributed by atoms with Gasteiger partial charge in [-0.1, -0.05) is 49.4 Å². The molecule has 1 N–H and O–H groups in total. The molecule has 0 aliphatic rings. The van der Waals surface area contributed by atoms with Gasteiger partial charge in [0.15, 0.2) is 0 Å². The predicted octanol–water partition coefficient (Wildman–Crippen LogP) is 4.85. The van der Waals surface area contributed by atoms with Crippen molar-refractivity contribution in [1.82, 2.24) is 5.32 Å². The number of hydrogen-bond acceptors (Lipinski definition) is 2. The summed E-state index contributed by atoms with van der Waals surface area (Å²) < 4.78 is 6.06. The second-order valence-corrected chi connectivity index (χ2v) is 6.41. The van der Waals surface area contributed by atoms with Crippen molar-refractivity contribution in [3.8, 4) is 5.75 Å². The Labute approximate surface area is 134 Å². The van der Waals surface area contributed by atoms with E-state index in [-0.39, 0.29) is 5.54 Å². The standard InChI is InChI=1S/C20H27NO/c1-5-20(3,4)21-14-17-11-8-9-13-19(17)22-15-18-12-7-6-10-16(18)2/h6-13,21H,5,14-15H2,1-4H3. The van der Waals surface area contributed by atoms with Gasteiger partial charge in [-0.2, -0.15) is 0 Å². The van der Waals surface area contributed by atoms with Crippen LogP contribution in [0.15, 0.2) is 48.5 Å². The first-order valence-corrected chi connectivity index (χ1v) is 8.02. The Morgan fingerprint density at radius 2 is 1.59 bits per heavy atom. The number of benzene rings is 2. The van der Waals surface area contributed by atoms with Crippen LogP contribution in [0.1, 0.15) is 43.9 Å². The van der Waals surface area contributed by atoms with E-state index in [2.05, 4.69) is 69.4 Å². The fraction of sp³-hybridized carbons (Fsp3) is 0.400. The first-order valence-electron chi connectivity index (χ1n) is 8.02. The molecule has 118 valence electrons. The Morgan fingerprint density at radius 1 is 0.955 bits per heavy atom. The lowest BCUT2D eigenvalue weighted by Crippen LogP contribution is -2.37. The van der Waals surface area contributed by atoms with Gasteiger partial charge in [-0.25, -0.2) is 0 Å². The van der Waals surface area contributed by atoms with Gasteiger partial charge >= 0.3 is 0 Å². The molecule has 2 aromatic rings. The molecule has 0 unspecified atom stereocenters. The van der Waals surface area contributed by atoms with Gasteiger partial charge in [0.2, 0.25) is 0 Å². The van der Waals surface area contributed by atoms with Crippen LogP contribution < -0.4 is 10.1 Å². The molecule has 0 aliphatic carbocycles. The lowest BCUT2D eigenvalue weighted by atomic mass is 10.0. The van der Waals surface area contributed by atoms with Crippen molar-refractivity contribution in [3.05, 3.63) is 65.2 Å². The fourth-order valence-electron chi connectivity index (χ4n) is 2.18. The minimum Gasteiger partial charge on any atom is -0.489 e. The third-order valence-electron chi connectivity index (χ3n) is 4.26. The number of rotatable bonds is 7. The van der Waals surface area contributed by atoms with E-state index in [9.17, 15) is 0 Å². The van der Waals surface area contributed by atoms with Crippen LogP contribution in [0.3, 0.4) is 0 Å². The molecule has 0 aliphatic heterocycles. The van der Waals surface area contributed by atoms with E-state index in [1.54, 1.807) is 0 Å². The van der Waals surface area contributed by atoms with Crippen LogP contribution in [-0.4, -0.2) is 5.54 Å². The maximum absolute atomic E-state index is 6.06. The predicted molar refractivity (Wildman–Crippen MR) is 93.2 cm³/mol. The molecule has 2 nitrogen and oxygen atoms in total. The molecule has 22 heavy (non-hydrogen) atoms. The van der Waals surface area contributed by atoms with E-state index in [1.807, 2.05) is 12.1 Å². The first-order chi connectivity index (χ1) is 10.5. The molecule has 2 heteroatoms. The van der Waals surface area contributed by atoms with Crippen LogP contribution in [0.4, 0.5) is 0 Å². The van der Waals surface area contributed by atoms with Gasteiger partial charge < -0.3 is 10.1 Å². The van der Waals surface area contributed by atoms with Crippen molar-refractivity contribution in [1.29, 1.82) is 0 Å². The van der Waals surface area contributed by atoms with Gasteiger partial charge in [-0.05, 0) is 44.4 Å². The summed E-state index contributed by atoms with van der Waals surface area (Å²) in [5, 5.41) is 3.59. The zero-order valence-corrected chi connectivity index (χ0v) is 14.1. The summed E-state index contributed by atoms with van der Waals surface area (Å²) in [5.74, 6) is 0.963. The average Bonchev–Trinajstić information content (AvgIpc) is 2.53. The minimum atomic E-state index is 0.142. The molecule has 0 saturated carbocycles. The lowest BCUT2D eigenvalue weighted by Gasteiger charge is -2.25. The van der Waals surface area contributed by atoms with E-state index in [0.717, 1.165) is 18.7 Å². The van der Waals surface area contributed by atoms with Gasteiger partial charge in [0.05, 0.1) is 0 Å². The summed E-state index contributed by atoms with van der Waals surface area (Å²) in [4.78, 5) is 0. The zero-order valence-electron chi connectivity index (χ0n) is 14.1.